The van der Waals surface area contributed by atoms with Crippen LogP contribution in [0.25, 0.3) is 0 Å². The molecule has 2 saturated heterocycles. The summed E-state index contributed by atoms with van der Waals surface area (Å²) in [6, 6.07) is 18.2. The lowest BCUT2D eigenvalue weighted by Crippen LogP contribution is -2.53. The van der Waals surface area contributed by atoms with Crippen molar-refractivity contribution in [2.45, 2.75) is 24.5 Å². The van der Waals surface area contributed by atoms with Crippen LogP contribution in [0, 0.1) is 11.8 Å². The summed E-state index contributed by atoms with van der Waals surface area (Å²) in [7, 11) is 1.56. The molecule has 3 aromatic rings. The number of benzene rings is 3. The minimum Gasteiger partial charge on any atom is -0.504 e. The molecule has 0 saturated carbocycles. The van der Waals surface area contributed by atoms with Gasteiger partial charge in [0.15, 0.2) is 11.5 Å². The molecule has 188 valence electrons. The number of ether oxygens (including phenoxy) is 1. The fraction of sp³-hybridized carbons (Fsp3) is 0.250. The number of carbonyl (C=O) groups excluding carboxylic acids is 3. The molecule has 37 heavy (non-hydrogen) atoms. The Morgan fingerprint density at radius 3 is 2.38 bits per heavy atom. The van der Waals surface area contributed by atoms with Crippen molar-refractivity contribution in [3.8, 4) is 17.2 Å². The summed E-state index contributed by atoms with van der Waals surface area (Å²) in [5.74, 6) is -2.70. The lowest BCUT2D eigenvalue weighted by molar-refractivity contribution is -0.143. The average molecular weight is 500 g/mol. The normalized spacial score (nSPS) is 25.9. The molecule has 3 aliphatic rings. The summed E-state index contributed by atoms with van der Waals surface area (Å²) in [5.41, 5.74) is 1.27. The van der Waals surface area contributed by atoms with Crippen LogP contribution in [0.1, 0.15) is 16.7 Å². The first-order valence-electron chi connectivity index (χ1n) is 12.0. The van der Waals surface area contributed by atoms with Crippen LogP contribution in [-0.4, -0.2) is 46.0 Å². The molecular formula is C28H25N3O6. The highest BCUT2D eigenvalue weighted by Crippen LogP contribution is 2.53. The minimum atomic E-state index is -1.40. The van der Waals surface area contributed by atoms with Gasteiger partial charge in [-0.2, -0.15) is 0 Å². The van der Waals surface area contributed by atoms with Crippen molar-refractivity contribution in [1.82, 2.24) is 10.2 Å². The number of aromatic hydroxyl groups is 2. The predicted octanol–water partition coefficient (Wildman–Crippen LogP) is 2.27. The first kappa shape index (κ1) is 23.1. The van der Waals surface area contributed by atoms with Crippen molar-refractivity contribution in [1.29, 1.82) is 0 Å². The number of likely N-dealkylation sites (tertiary alicyclic amines) is 1. The van der Waals surface area contributed by atoms with Crippen LogP contribution in [0.15, 0.2) is 66.7 Å². The van der Waals surface area contributed by atoms with Crippen molar-refractivity contribution in [3.05, 3.63) is 83.4 Å². The van der Waals surface area contributed by atoms with Gasteiger partial charge in [0.2, 0.25) is 17.7 Å². The molecule has 3 aromatic carbocycles. The Balaban J connectivity index is 1.41. The number of fused-ring (bicyclic) bond motifs is 4. The summed E-state index contributed by atoms with van der Waals surface area (Å²) in [6.45, 7) is 0.0841. The van der Waals surface area contributed by atoms with E-state index in [9.17, 15) is 24.6 Å². The van der Waals surface area contributed by atoms with Gasteiger partial charge in [-0.25, -0.2) is 0 Å². The maximum Gasteiger partial charge on any atom is 0.250 e. The Morgan fingerprint density at radius 1 is 0.919 bits per heavy atom. The fourth-order valence-electron chi connectivity index (χ4n) is 6.01. The molecule has 4 atom stereocenters. The molecule has 9 heteroatoms. The molecule has 0 aliphatic carbocycles. The third-order valence-corrected chi connectivity index (χ3v) is 7.71. The van der Waals surface area contributed by atoms with E-state index in [0.29, 0.717) is 22.6 Å². The van der Waals surface area contributed by atoms with Gasteiger partial charge in [0.1, 0.15) is 11.3 Å². The molecule has 9 nitrogen and oxygen atoms in total. The maximum atomic E-state index is 13.9. The maximum absolute atomic E-state index is 13.9. The summed E-state index contributed by atoms with van der Waals surface area (Å²) in [6.07, 6.45) is 0.265. The Kier molecular flexibility index (Phi) is 5.20. The topological polar surface area (TPSA) is 128 Å². The highest BCUT2D eigenvalue weighted by molar-refractivity contribution is 6.15. The zero-order valence-corrected chi connectivity index (χ0v) is 20.0. The quantitative estimate of drug-likeness (QED) is 0.313. The second-order valence-electron chi connectivity index (χ2n) is 9.70. The van der Waals surface area contributed by atoms with Crippen molar-refractivity contribution in [2.24, 2.45) is 11.8 Å². The van der Waals surface area contributed by atoms with Gasteiger partial charge >= 0.3 is 0 Å². The summed E-state index contributed by atoms with van der Waals surface area (Å²) >= 11 is 0. The second-order valence-corrected chi connectivity index (χ2v) is 9.70. The third kappa shape index (κ3) is 3.38. The smallest absolute Gasteiger partial charge is 0.250 e. The first-order valence-corrected chi connectivity index (χ1v) is 12.0. The van der Waals surface area contributed by atoms with E-state index in [2.05, 4.69) is 10.6 Å². The number of methoxy groups -OCH3 is 1. The molecule has 0 radical (unpaired) electrons. The number of hydrogen-bond acceptors (Lipinski definition) is 7. The Labute approximate surface area is 212 Å². The molecule has 3 amide bonds. The van der Waals surface area contributed by atoms with Gasteiger partial charge < -0.3 is 20.3 Å². The second kappa shape index (κ2) is 8.35. The zero-order valence-electron chi connectivity index (χ0n) is 20.0. The molecule has 0 unspecified atom stereocenters. The van der Waals surface area contributed by atoms with E-state index in [-0.39, 0.29) is 36.3 Å². The number of phenols is 2. The molecule has 3 heterocycles. The summed E-state index contributed by atoms with van der Waals surface area (Å²) in [4.78, 5) is 42.5. The fourth-order valence-corrected chi connectivity index (χ4v) is 6.01. The van der Waals surface area contributed by atoms with Gasteiger partial charge in [-0.1, -0.05) is 36.4 Å². The Bertz CT molecular complexity index is 1440. The molecule has 1 spiro atoms. The van der Waals surface area contributed by atoms with Crippen LogP contribution in [-0.2, 0) is 32.9 Å². The number of hydrogen-bond donors (Lipinski definition) is 4. The van der Waals surface area contributed by atoms with E-state index in [1.54, 1.807) is 61.7 Å². The highest BCUT2D eigenvalue weighted by Gasteiger charge is 2.70. The van der Waals surface area contributed by atoms with Gasteiger partial charge in [-0.05, 0) is 47.9 Å². The summed E-state index contributed by atoms with van der Waals surface area (Å²) in [5, 5.41) is 26.0. The van der Waals surface area contributed by atoms with Crippen LogP contribution in [0.4, 0.5) is 5.69 Å². The van der Waals surface area contributed by atoms with Crippen LogP contribution >= 0.6 is 0 Å². The Morgan fingerprint density at radius 2 is 1.65 bits per heavy atom. The number of rotatable bonds is 5. The van der Waals surface area contributed by atoms with Crippen molar-refractivity contribution < 1.29 is 29.3 Å². The van der Waals surface area contributed by atoms with Gasteiger partial charge in [0.25, 0.3) is 0 Å². The average Bonchev–Trinajstić information content (AvgIpc) is 3.47. The molecule has 0 aromatic heterocycles. The molecule has 6 rings (SSSR count). The number of nitrogens with one attached hydrogen (secondary N) is 2. The minimum absolute atomic E-state index is 0.0841. The van der Waals surface area contributed by atoms with Crippen molar-refractivity contribution in [2.75, 3.05) is 12.4 Å². The first-order chi connectivity index (χ1) is 17.8. The highest BCUT2D eigenvalue weighted by atomic mass is 16.5. The largest absolute Gasteiger partial charge is 0.504 e. The van der Waals surface area contributed by atoms with Crippen LogP contribution in [0.2, 0.25) is 0 Å². The van der Waals surface area contributed by atoms with Crippen molar-refractivity contribution in [3.63, 3.8) is 0 Å². The van der Waals surface area contributed by atoms with E-state index < -0.39 is 29.3 Å². The predicted molar refractivity (Wildman–Crippen MR) is 133 cm³/mol. The SMILES string of the molecule is COc1ccc(CN2C(=O)[C@@H]3[C@H](Cc4ccc(O)c(O)c4)N[C@@]4(C(=O)Nc5ccccc54)[C@@H]3C2=O)cc1. The van der Waals surface area contributed by atoms with Crippen LogP contribution in [0.3, 0.4) is 0 Å². The molecule has 0 bridgehead atoms. The lowest BCUT2D eigenvalue weighted by Gasteiger charge is -2.29. The van der Waals surface area contributed by atoms with E-state index >= 15 is 0 Å². The van der Waals surface area contributed by atoms with Crippen molar-refractivity contribution >= 4 is 23.4 Å². The number of anilines is 1. The number of amides is 3. The molecule has 4 N–H and O–H groups in total. The Hall–Kier alpha value is -4.37. The molecule has 2 fully saturated rings. The number of imide groups is 1. The van der Waals surface area contributed by atoms with E-state index in [0.717, 1.165) is 5.56 Å². The van der Waals surface area contributed by atoms with Crippen LogP contribution < -0.4 is 15.4 Å². The van der Waals surface area contributed by atoms with Crippen LogP contribution in [0.5, 0.6) is 17.2 Å². The third-order valence-electron chi connectivity index (χ3n) is 7.71. The number of carbonyl (C=O) groups is 3. The summed E-state index contributed by atoms with van der Waals surface area (Å²) < 4.78 is 5.20. The van der Waals surface area contributed by atoms with Gasteiger partial charge in [-0.3, -0.25) is 24.6 Å². The number of nitrogens with zero attached hydrogens (tertiary/aromatic N) is 1. The number of para-hydroxylation sites is 1. The van der Waals surface area contributed by atoms with Gasteiger partial charge in [-0.15, -0.1) is 0 Å². The van der Waals surface area contributed by atoms with E-state index in [1.807, 2.05) is 0 Å². The molecule has 3 aliphatic heterocycles. The van der Waals surface area contributed by atoms with E-state index in [1.165, 1.54) is 17.0 Å². The standard InChI is InChI=1S/C28H25N3O6/c1-37-17-9-6-15(7-10-17)14-31-25(34)23-20(12-16-8-11-21(32)22(33)13-16)30-28(24(23)26(31)35)18-4-2-3-5-19(18)29-27(28)36/h2-11,13,20,23-24,30,32-33H,12,14H2,1H3,(H,29,36)/t20-,23+,24-,28+/m0/s1. The van der Waals surface area contributed by atoms with Gasteiger partial charge in [0, 0.05) is 17.3 Å². The van der Waals surface area contributed by atoms with Gasteiger partial charge in [0.05, 0.1) is 25.5 Å². The van der Waals surface area contributed by atoms with E-state index in [4.69, 9.17) is 4.74 Å². The zero-order chi connectivity index (χ0) is 25.9. The number of phenolic OH excluding ortho intramolecular Hbond substituents is 2. The monoisotopic (exact) mass is 499 g/mol. The molecular weight excluding hydrogens is 474 g/mol. The lowest BCUT2D eigenvalue weighted by atomic mass is 9.76.